The molecule has 9 nitrogen and oxygen atoms in total. The van der Waals surface area contributed by atoms with Crippen LogP contribution in [0.5, 0.6) is 5.75 Å². The van der Waals surface area contributed by atoms with Crippen molar-refractivity contribution < 1.29 is 27.6 Å². The summed E-state index contributed by atoms with van der Waals surface area (Å²) in [5, 5.41) is 11.3. The highest BCUT2D eigenvalue weighted by Gasteiger charge is 2.33. The lowest BCUT2D eigenvalue weighted by Gasteiger charge is -2.24. The number of ether oxygens (including phenoxy) is 2. The van der Waals surface area contributed by atoms with Crippen molar-refractivity contribution in [3.05, 3.63) is 58.6 Å². The lowest BCUT2D eigenvalue weighted by molar-refractivity contribution is -0.387. The first-order chi connectivity index (χ1) is 13.2. The Morgan fingerprint density at radius 2 is 1.86 bits per heavy atom. The van der Waals surface area contributed by atoms with Crippen LogP contribution in [0, 0.1) is 10.1 Å². The van der Waals surface area contributed by atoms with Crippen LogP contribution >= 0.6 is 0 Å². The second kappa shape index (κ2) is 8.70. The molecule has 0 atom stereocenters. The molecule has 28 heavy (non-hydrogen) atoms. The van der Waals surface area contributed by atoms with E-state index in [-0.39, 0.29) is 5.69 Å². The maximum absolute atomic E-state index is 13.3. The van der Waals surface area contributed by atoms with Crippen molar-refractivity contribution >= 4 is 27.4 Å². The zero-order chi connectivity index (χ0) is 20.9. The number of sulfonamides is 1. The predicted octanol–water partition coefficient (Wildman–Crippen LogP) is 2.75. The highest BCUT2D eigenvalue weighted by atomic mass is 32.2. The third-order valence-electron chi connectivity index (χ3n) is 3.61. The van der Waals surface area contributed by atoms with Crippen molar-refractivity contribution in [2.45, 2.75) is 24.8 Å². The van der Waals surface area contributed by atoms with Gasteiger partial charge in [0.15, 0.2) is 4.90 Å². The fraction of sp³-hybridized carbons (Fsp3) is 0.278. The summed E-state index contributed by atoms with van der Waals surface area (Å²) in [5.74, 6) is -0.433. The summed E-state index contributed by atoms with van der Waals surface area (Å²) >= 11 is 0. The molecule has 0 saturated heterocycles. The van der Waals surface area contributed by atoms with E-state index in [2.05, 4.69) is 0 Å². The third-order valence-corrected chi connectivity index (χ3v) is 5.43. The molecular weight excluding hydrogens is 388 g/mol. The minimum absolute atomic E-state index is 0.109. The third kappa shape index (κ3) is 4.77. The van der Waals surface area contributed by atoms with Gasteiger partial charge in [-0.25, -0.2) is 8.42 Å². The Bertz CT molecular complexity index is 973. The minimum atomic E-state index is -4.45. The van der Waals surface area contributed by atoms with E-state index in [1.54, 1.807) is 26.0 Å². The van der Waals surface area contributed by atoms with Gasteiger partial charge < -0.3 is 9.47 Å². The number of nitro benzene ring substituents is 1. The summed E-state index contributed by atoms with van der Waals surface area (Å²) in [6.07, 6.45) is -0.451. The Labute approximate surface area is 162 Å². The molecule has 10 heteroatoms. The number of carbonyl (C=O) groups excluding carboxylic acids is 1. The normalized spacial score (nSPS) is 11.1. The van der Waals surface area contributed by atoms with Crippen LogP contribution in [0.2, 0.25) is 0 Å². The number of para-hydroxylation sites is 1. The fourth-order valence-corrected chi connectivity index (χ4v) is 4.00. The Kier molecular flexibility index (Phi) is 6.57. The molecule has 0 amide bonds. The minimum Gasteiger partial charge on any atom is -0.497 e. The van der Waals surface area contributed by atoms with E-state index in [0.717, 1.165) is 16.4 Å². The van der Waals surface area contributed by atoms with Gasteiger partial charge in [0.1, 0.15) is 12.3 Å². The fourth-order valence-electron chi connectivity index (χ4n) is 2.44. The Balaban J connectivity index is 2.60. The van der Waals surface area contributed by atoms with Crippen LogP contribution in [0.15, 0.2) is 53.4 Å². The lowest BCUT2D eigenvalue weighted by atomic mass is 10.3. The molecular formula is C18H20N2O7S. The van der Waals surface area contributed by atoms with Gasteiger partial charge in [0.05, 0.1) is 23.8 Å². The molecule has 0 N–H and O–H groups in total. The van der Waals surface area contributed by atoms with Gasteiger partial charge in [-0.3, -0.25) is 19.2 Å². The van der Waals surface area contributed by atoms with Crippen LogP contribution in [0.1, 0.15) is 13.8 Å². The van der Waals surface area contributed by atoms with Crippen molar-refractivity contribution in [3.63, 3.8) is 0 Å². The SMILES string of the molecule is COc1cccc(N(CC(=O)OC(C)C)S(=O)(=O)c2ccccc2[N+](=O)[O-])c1. The molecule has 0 heterocycles. The molecule has 2 aromatic carbocycles. The molecule has 0 spiro atoms. The Hall–Kier alpha value is -3.14. The van der Waals surface area contributed by atoms with Gasteiger partial charge >= 0.3 is 5.97 Å². The van der Waals surface area contributed by atoms with Gasteiger partial charge in [0.2, 0.25) is 0 Å². The van der Waals surface area contributed by atoms with Crippen LogP contribution in [0.25, 0.3) is 0 Å². The van der Waals surface area contributed by atoms with Crippen LogP contribution in [-0.4, -0.2) is 39.1 Å². The summed E-state index contributed by atoms with van der Waals surface area (Å²) in [6.45, 7) is 2.61. The number of methoxy groups -OCH3 is 1. The molecule has 2 rings (SSSR count). The first-order valence-corrected chi connectivity index (χ1v) is 9.70. The molecule has 0 aliphatic carbocycles. The molecule has 0 aliphatic rings. The molecule has 0 bridgehead atoms. The summed E-state index contributed by atoms with van der Waals surface area (Å²) in [4.78, 5) is 22.2. The van der Waals surface area contributed by atoms with E-state index in [1.807, 2.05) is 0 Å². The zero-order valence-corrected chi connectivity index (χ0v) is 16.4. The van der Waals surface area contributed by atoms with E-state index in [4.69, 9.17) is 9.47 Å². The highest BCUT2D eigenvalue weighted by Crippen LogP contribution is 2.31. The number of anilines is 1. The first kappa shape index (κ1) is 21.2. The number of carbonyl (C=O) groups is 1. The molecule has 0 fully saturated rings. The summed E-state index contributed by atoms with van der Waals surface area (Å²) in [5.41, 5.74) is -0.481. The maximum Gasteiger partial charge on any atom is 0.327 e. The van der Waals surface area contributed by atoms with Crippen LogP contribution < -0.4 is 9.04 Å². The number of rotatable bonds is 8. The van der Waals surface area contributed by atoms with Crippen molar-refractivity contribution in [1.29, 1.82) is 0 Å². The maximum atomic E-state index is 13.3. The standard InChI is InChI=1S/C18H20N2O7S/c1-13(2)27-18(21)12-19(14-7-6-8-15(11-14)26-3)28(24,25)17-10-5-4-9-16(17)20(22)23/h4-11,13H,12H2,1-3H3. The van der Waals surface area contributed by atoms with Gasteiger partial charge in [-0.15, -0.1) is 0 Å². The van der Waals surface area contributed by atoms with E-state index < -0.39 is 44.1 Å². The topological polar surface area (TPSA) is 116 Å². The average molecular weight is 408 g/mol. The molecule has 0 aromatic heterocycles. The summed E-state index contributed by atoms with van der Waals surface area (Å²) in [7, 11) is -3.04. The molecule has 0 saturated carbocycles. The molecule has 0 unspecified atom stereocenters. The molecule has 2 aromatic rings. The van der Waals surface area contributed by atoms with Crippen molar-refractivity contribution in [3.8, 4) is 5.75 Å². The predicted molar refractivity (Wildman–Crippen MR) is 102 cm³/mol. The largest absolute Gasteiger partial charge is 0.497 e. The molecule has 0 radical (unpaired) electrons. The number of hydrogen-bond donors (Lipinski definition) is 0. The van der Waals surface area contributed by atoms with Crippen molar-refractivity contribution in [1.82, 2.24) is 0 Å². The Morgan fingerprint density at radius 3 is 2.46 bits per heavy atom. The van der Waals surface area contributed by atoms with Crippen LogP contribution in [0.3, 0.4) is 0 Å². The quantitative estimate of drug-likeness (QED) is 0.374. The number of hydrogen-bond acceptors (Lipinski definition) is 7. The average Bonchev–Trinajstić information content (AvgIpc) is 2.65. The zero-order valence-electron chi connectivity index (χ0n) is 15.6. The summed E-state index contributed by atoms with van der Waals surface area (Å²) < 4.78 is 37.4. The van der Waals surface area contributed by atoms with Crippen molar-refractivity contribution in [2.24, 2.45) is 0 Å². The smallest absolute Gasteiger partial charge is 0.327 e. The second-order valence-corrected chi connectivity index (χ2v) is 7.81. The lowest BCUT2D eigenvalue weighted by Crippen LogP contribution is -2.37. The second-order valence-electron chi connectivity index (χ2n) is 5.98. The van der Waals surface area contributed by atoms with Crippen molar-refractivity contribution in [2.75, 3.05) is 18.0 Å². The van der Waals surface area contributed by atoms with E-state index >= 15 is 0 Å². The summed E-state index contributed by atoms with van der Waals surface area (Å²) in [6, 6.07) is 11.0. The number of nitro groups is 1. The number of esters is 1. The molecule has 0 aliphatic heterocycles. The highest BCUT2D eigenvalue weighted by molar-refractivity contribution is 7.93. The molecule has 150 valence electrons. The van der Waals surface area contributed by atoms with E-state index in [1.165, 1.54) is 31.4 Å². The van der Waals surface area contributed by atoms with Gasteiger partial charge in [-0.05, 0) is 32.0 Å². The van der Waals surface area contributed by atoms with Crippen LogP contribution in [-0.2, 0) is 19.6 Å². The van der Waals surface area contributed by atoms with Crippen LogP contribution in [0.4, 0.5) is 11.4 Å². The number of benzene rings is 2. The van der Waals surface area contributed by atoms with Gasteiger partial charge in [0, 0.05) is 12.1 Å². The monoisotopic (exact) mass is 408 g/mol. The van der Waals surface area contributed by atoms with E-state index in [9.17, 15) is 23.3 Å². The first-order valence-electron chi connectivity index (χ1n) is 8.26. The Morgan fingerprint density at radius 1 is 1.18 bits per heavy atom. The number of nitrogens with zero attached hydrogens (tertiary/aromatic N) is 2. The van der Waals surface area contributed by atoms with E-state index in [0.29, 0.717) is 5.75 Å². The van der Waals surface area contributed by atoms with Gasteiger partial charge in [-0.2, -0.15) is 0 Å². The van der Waals surface area contributed by atoms with Gasteiger partial charge in [-0.1, -0.05) is 18.2 Å². The van der Waals surface area contributed by atoms with Gasteiger partial charge in [0.25, 0.3) is 15.7 Å².